The third-order valence-electron chi connectivity index (χ3n) is 4.56. The van der Waals surface area contributed by atoms with E-state index < -0.39 is 0 Å². The van der Waals surface area contributed by atoms with Crippen molar-refractivity contribution in [1.82, 2.24) is 15.2 Å². The molecule has 1 saturated heterocycles. The van der Waals surface area contributed by atoms with Crippen LogP contribution in [0.2, 0.25) is 0 Å². The van der Waals surface area contributed by atoms with E-state index >= 15 is 0 Å². The van der Waals surface area contributed by atoms with Crippen molar-refractivity contribution >= 4 is 10.9 Å². The lowest BCUT2D eigenvalue weighted by atomic mass is 9.96. The van der Waals surface area contributed by atoms with Crippen LogP contribution in [0, 0.1) is 5.92 Å². The second-order valence-corrected chi connectivity index (χ2v) is 5.85. The molecule has 3 nitrogen and oxygen atoms in total. The van der Waals surface area contributed by atoms with Gasteiger partial charge in [0.2, 0.25) is 0 Å². The first-order valence-electron chi connectivity index (χ1n) is 7.44. The Morgan fingerprint density at radius 3 is 2.74 bits per heavy atom. The van der Waals surface area contributed by atoms with Crippen molar-refractivity contribution in [3.8, 4) is 0 Å². The minimum Gasteiger partial charge on any atom is -0.361 e. The van der Waals surface area contributed by atoms with Gasteiger partial charge in [0.05, 0.1) is 0 Å². The van der Waals surface area contributed by atoms with Gasteiger partial charge in [0.15, 0.2) is 0 Å². The number of hydrogen-bond donors (Lipinski definition) is 2. The van der Waals surface area contributed by atoms with Gasteiger partial charge in [-0.3, -0.25) is 4.90 Å². The molecule has 1 saturated carbocycles. The Labute approximate surface area is 114 Å². The number of aromatic nitrogens is 1. The Morgan fingerprint density at radius 1 is 1.11 bits per heavy atom. The standard InChI is InChI=1S/C16H21N3/c1-2-14(13-6-7-18-15(13)3-1)16(12-4-5-12)19-10-8-17-9-11-19/h1-3,6-7,12,16-18H,4-5,8-11H2/t16-/m0/s1. The lowest BCUT2D eigenvalue weighted by Gasteiger charge is -2.35. The Balaban J connectivity index is 1.75. The van der Waals surface area contributed by atoms with Crippen molar-refractivity contribution in [2.24, 2.45) is 5.92 Å². The van der Waals surface area contributed by atoms with E-state index in [0.29, 0.717) is 6.04 Å². The molecule has 2 aromatic rings. The van der Waals surface area contributed by atoms with Crippen molar-refractivity contribution < 1.29 is 0 Å². The van der Waals surface area contributed by atoms with Gasteiger partial charge in [0.1, 0.15) is 0 Å². The van der Waals surface area contributed by atoms with E-state index in [1.165, 1.54) is 42.4 Å². The maximum atomic E-state index is 3.46. The van der Waals surface area contributed by atoms with Crippen LogP contribution in [0.1, 0.15) is 24.4 Å². The largest absolute Gasteiger partial charge is 0.361 e. The maximum absolute atomic E-state index is 3.46. The van der Waals surface area contributed by atoms with Gasteiger partial charge in [-0.2, -0.15) is 0 Å². The van der Waals surface area contributed by atoms with Crippen LogP contribution in [0.15, 0.2) is 30.5 Å². The second-order valence-electron chi connectivity index (χ2n) is 5.85. The van der Waals surface area contributed by atoms with Crippen molar-refractivity contribution in [3.05, 3.63) is 36.0 Å². The smallest absolute Gasteiger partial charge is 0.0457 e. The van der Waals surface area contributed by atoms with Crippen molar-refractivity contribution in [2.45, 2.75) is 18.9 Å². The Bertz CT molecular complexity index is 564. The monoisotopic (exact) mass is 255 g/mol. The molecule has 0 radical (unpaired) electrons. The molecule has 2 heterocycles. The first kappa shape index (κ1) is 11.5. The van der Waals surface area contributed by atoms with Crippen LogP contribution < -0.4 is 5.32 Å². The first-order chi connectivity index (χ1) is 9.43. The molecule has 19 heavy (non-hydrogen) atoms. The molecular weight excluding hydrogens is 234 g/mol. The van der Waals surface area contributed by atoms with Gasteiger partial charge in [-0.25, -0.2) is 0 Å². The molecule has 1 aromatic carbocycles. The number of benzene rings is 1. The predicted molar refractivity (Wildman–Crippen MR) is 78.2 cm³/mol. The molecule has 2 aliphatic rings. The number of hydrogen-bond acceptors (Lipinski definition) is 2. The maximum Gasteiger partial charge on any atom is 0.0457 e. The number of fused-ring (bicyclic) bond motifs is 1. The summed E-state index contributed by atoms with van der Waals surface area (Å²) in [6.45, 7) is 4.63. The predicted octanol–water partition coefficient (Wildman–Crippen LogP) is 2.52. The van der Waals surface area contributed by atoms with E-state index in [4.69, 9.17) is 0 Å². The highest BCUT2D eigenvalue weighted by molar-refractivity contribution is 5.83. The van der Waals surface area contributed by atoms with Gasteiger partial charge in [0.25, 0.3) is 0 Å². The molecule has 3 heteroatoms. The minimum atomic E-state index is 0.626. The Hall–Kier alpha value is -1.32. The van der Waals surface area contributed by atoms with Crippen LogP contribution in [0.5, 0.6) is 0 Å². The van der Waals surface area contributed by atoms with Gasteiger partial charge in [-0.1, -0.05) is 12.1 Å². The lowest BCUT2D eigenvalue weighted by molar-refractivity contribution is 0.157. The van der Waals surface area contributed by atoms with Crippen LogP contribution in [0.3, 0.4) is 0 Å². The van der Waals surface area contributed by atoms with Gasteiger partial charge in [0, 0.05) is 49.3 Å². The van der Waals surface area contributed by atoms with E-state index in [2.05, 4.69) is 45.7 Å². The van der Waals surface area contributed by atoms with Gasteiger partial charge < -0.3 is 10.3 Å². The molecule has 0 bridgehead atoms. The van der Waals surface area contributed by atoms with Gasteiger partial charge in [-0.05, 0) is 36.5 Å². The fraction of sp³-hybridized carbons (Fsp3) is 0.500. The quantitative estimate of drug-likeness (QED) is 0.883. The molecule has 2 fully saturated rings. The van der Waals surface area contributed by atoms with Crippen LogP contribution in [-0.2, 0) is 0 Å². The van der Waals surface area contributed by atoms with Gasteiger partial charge >= 0.3 is 0 Å². The fourth-order valence-corrected chi connectivity index (χ4v) is 3.49. The fourth-order valence-electron chi connectivity index (χ4n) is 3.49. The summed E-state index contributed by atoms with van der Waals surface area (Å²) in [5, 5.41) is 4.88. The molecule has 0 unspecified atom stereocenters. The third kappa shape index (κ3) is 2.07. The summed E-state index contributed by atoms with van der Waals surface area (Å²) in [5.74, 6) is 0.874. The van der Waals surface area contributed by atoms with E-state index in [0.717, 1.165) is 19.0 Å². The summed E-state index contributed by atoms with van der Waals surface area (Å²) in [4.78, 5) is 6.04. The number of aromatic amines is 1. The third-order valence-corrected chi connectivity index (χ3v) is 4.56. The number of H-pyrrole nitrogens is 1. The second kappa shape index (κ2) is 4.66. The number of piperazine rings is 1. The molecule has 1 aliphatic carbocycles. The highest BCUT2D eigenvalue weighted by atomic mass is 15.2. The van der Waals surface area contributed by atoms with E-state index in [1.807, 2.05) is 0 Å². The van der Waals surface area contributed by atoms with E-state index in [9.17, 15) is 0 Å². The lowest BCUT2D eigenvalue weighted by Crippen LogP contribution is -2.45. The molecule has 4 rings (SSSR count). The molecule has 1 aromatic heterocycles. The van der Waals surface area contributed by atoms with E-state index in [1.54, 1.807) is 0 Å². The minimum absolute atomic E-state index is 0.626. The molecule has 2 N–H and O–H groups in total. The summed E-state index contributed by atoms with van der Waals surface area (Å²) in [7, 11) is 0. The van der Waals surface area contributed by atoms with Crippen LogP contribution >= 0.6 is 0 Å². The van der Waals surface area contributed by atoms with Crippen LogP contribution in [0.25, 0.3) is 10.9 Å². The highest BCUT2D eigenvalue weighted by Crippen LogP contribution is 2.46. The average molecular weight is 255 g/mol. The summed E-state index contributed by atoms with van der Waals surface area (Å²) in [5.41, 5.74) is 2.81. The topological polar surface area (TPSA) is 31.1 Å². The number of rotatable bonds is 3. The zero-order valence-electron chi connectivity index (χ0n) is 11.2. The Kier molecular flexibility index (Phi) is 2.82. The highest BCUT2D eigenvalue weighted by Gasteiger charge is 2.37. The summed E-state index contributed by atoms with van der Waals surface area (Å²) in [6.07, 6.45) is 4.86. The molecule has 1 atom stereocenters. The van der Waals surface area contributed by atoms with Gasteiger partial charge in [-0.15, -0.1) is 0 Å². The van der Waals surface area contributed by atoms with E-state index in [-0.39, 0.29) is 0 Å². The molecule has 0 amide bonds. The number of nitrogens with one attached hydrogen (secondary N) is 2. The SMILES string of the molecule is c1cc([C@H](C2CC2)N2CCNCC2)c2cc[nH]c2c1. The van der Waals surface area contributed by atoms with Crippen molar-refractivity contribution in [3.63, 3.8) is 0 Å². The normalized spacial score (nSPS) is 22.7. The van der Waals surface area contributed by atoms with Crippen molar-refractivity contribution in [1.29, 1.82) is 0 Å². The van der Waals surface area contributed by atoms with Crippen LogP contribution in [-0.4, -0.2) is 36.1 Å². The molecule has 100 valence electrons. The first-order valence-corrected chi connectivity index (χ1v) is 7.44. The Morgan fingerprint density at radius 2 is 1.95 bits per heavy atom. The van der Waals surface area contributed by atoms with Crippen LogP contribution in [0.4, 0.5) is 0 Å². The average Bonchev–Trinajstić information content (AvgIpc) is 3.17. The zero-order chi connectivity index (χ0) is 12.7. The molecule has 0 spiro atoms. The summed E-state index contributed by atoms with van der Waals surface area (Å²) < 4.78 is 0. The number of nitrogens with zero attached hydrogens (tertiary/aromatic N) is 1. The molecule has 1 aliphatic heterocycles. The summed E-state index contributed by atoms with van der Waals surface area (Å²) >= 11 is 0. The molecular formula is C16H21N3. The zero-order valence-corrected chi connectivity index (χ0v) is 11.2. The summed E-state index contributed by atoms with van der Waals surface area (Å²) in [6, 6.07) is 9.58. The van der Waals surface area contributed by atoms with Crippen molar-refractivity contribution in [2.75, 3.05) is 26.2 Å².